The summed E-state index contributed by atoms with van der Waals surface area (Å²) >= 11 is 10.8. The highest BCUT2D eigenvalue weighted by Crippen LogP contribution is 2.44. The van der Waals surface area contributed by atoms with Crippen LogP contribution in [-0.2, 0) is 9.59 Å². The zero-order valence-electron chi connectivity index (χ0n) is 16.2. The van der Waals surface area contributed by atoms with Gasteiger partial charge in [0, 0.05) is 27.5 Å². The SMILES string of the molecule is O=C1C(=O)N(c2nc3ccc(Cl)cc3s2)C(c2ccc(Br)cc2)C1=C(O)c1ccncc1. The molecule has 1 fully saturated rings. The summed E-state index contributed by atoms with van der Waals surface area (Å²) in [6.45, 7) is 0. The third-order valence-electron chi connectivity index (χ3n) is 5.13. The van der Waals surface area contributed by atoms with E-state index in [4.69, 9.17) is 11.6 Å². The molecule has 0 aliphatic carbocycles. The molecule has 1 unspecified atom stereocenters. The van der Waals surface area contributed by atoms with E-state index in [0.717, 1.165) is 9.17 Å². The topological polar surface area (TPSA) is 83.4 Å². The molecule has 0 saturated carbocycles. The molecule has 1 aliphatic heterocycles. The van der Waals surface area contributed by atoms with Crippen molar-refractivity contribution in [2.75, 3.05) is 4.90 Å². The van der Waals surface area contributed by atoms with Gasteiger partial charge in [0.15, 0.2) is 5.13 Å². The second-order valence-corrected chi connectivity index (χ2v) is 9.43. The van der Waals surface area contributed by atoms with Crippen molar-refractivity contribution in [3.63, 3.8) is 0 Å². The minimum Gasteiger partial charge on any atom is -0.507 e. The standard InChI is InChI=1S/C23H13BrClN3O3S/c24-14-3-1-12(2-4-14)19-18(20(29)13-7-9-26-10-8-13)21(30)22(31)28(19)23-27-16-6-5-15(25)11-17(16)32-23/h1-11,19,29H. The maximum atomic E-state index is 13.2. The monoisotopic (exact) mass is 525 g/mol. The largest absolute Gasteiger partial charge is 0.507 e. The molecule has 2 aromatic heterocycles. The van der Waals surface area contributed by atoms with E-state index in [1.807, 2.05) is 12.1 Å². The van der Waals surface area contributed by atoms with Crippen molar-refractivity contribution in [3.05, 3.63) is 93.2 Å². The van der Waals surface area contributed by atoms with E-state index in [2.05, 4.69) is 25.9 Å². The number of nitrogens with zero attached hydrogens (tertiary/aromatic N) is 3. The Morgan fingerprint density at radius 2 is 1.78 bits per heavy atom. The molecule has 3 heterocycles. The van der Waals surface area contributed by atoms with E-state index in [-0.39, 0.29) is 11.3 Å². The third-order valence-corrected chi connectivity index (χ3v) is 6.91. The van der Waals surface area contributed by atoms with E-state index in [1.165, 1.54) is 28.6 Å². The number of pyridine rings is 1. The van der Waals surface area contributed by atoms with Gasteiger partial charge < -0.3 is 5.11 Å². The van der Waals surface area contributed by atoms with Crippen LogP contribution in [0.3, 0.4) is 0 Å². The molecule has 4 aromatic rings. The molecule has 1 atom stereocenters. The zero-order chi connectivity index (χ0) is 22.4. The molecular formula is C23H13BrClN3O3S. The Balaban J connectivity index is 1.73. The first-order valence-electron chi connectivity index (χ1n) is 9.47. The van der Waals surface area contributed by atoms with Crippen molar-refractivity contribution in [3.8, 4) is 0 Å². The minimum absolute atomic E-state index is 0.000751. The summed E-state index contributed by atoms with van der Waals surface area (Å²) in [7, 11) is 0. The molecule has 1 amide bonds. The molecule has 1 saturated heterocycles. The van der Waals surface area contributed by atoms with Gasteiger partial charge in [0.2, 0.25) is 0 Å². The number of aliphatic hydroxyl groups is 1. The van der Waals surface area contributed by atoms with Crippen molar-refractivity contribution in [1.82, 2.24) is 9.97 Å². The third kappa shape index (κ3) is 3.50. The van der Waals surface area contributed by atoms with Crippen LogP contribution in [0.15, 0.2) is 77.0 Å². The van der Waals surface area contributed by atoms with Gasteiger partial charge >= 0.3 is 5.91 Å². The Kier molecular flexibility index (Phi) is 5.28. The number of fused-ring (bicyclic) bond motifs is 1. The van der Waals surface area contributed by atoms with E-state index in [1.54, 1.807) is 42.5 Å². The first kappa shape index (κ1) is 20.8. The normalized spacial score (nSPS) is 17.9. The van der Waals surface area contributed by atoms with Gasteiger partial charge in [0.25, 0.3) is 5.78 Å². The molecule has 0 spiro atoms. The molecule has 158 valence electrons. The van der Waals surface area contributed by atoms with Crippen LogP contribution in [0, 0.1) is 0 Å². The molecule has 9 heteroatoms. The highest BCUT2D eigenvalue weighted by Gasteiger charge is 2.48. The fourth-order valence-corrected chi connectivity index (χ4v) is 5.18. The second kappa shape index (κ2) is 8.12. The number of amides is 1. The minimum atomic E-state index is -0.840. The van der Waals surface area contributed by atoms with Crippen molar-refractivity contribution in [2.45, 2.75) is 6.04 Å². The quantitative estimate of drug-likeness (QED) is 0.209. The average Bonchev–Trinajstić information content (AvgIpc) is 3.32. The molecule has 0 bridgehead atoms. The van der Waals surface area contributed by atoms with Gasteiger partial charge in [-0.3, -0.25) is 19.5 Å². The summed E-state index contributed by atoms with van der Waals surface area (Å²) in [4.78, 5) is 36.2. The van der Waals surface area contributed by atoms with Crippen LogP contribution in [0.1, 0.15) is 17.2 Å². The predicted octanol–water partition coefficient (Wildman–Crippen LogP) is 5.73. The fourth-order valence-electron chi connectivity index (χ4n) is 3.64. The van der Waals surface area contributed by atoms with Gasteiger partial charge in [-0.2, -0.15) is 0 Å². The number of benzene rings is 2. The van der Waals surface area contributed by atoms with Crippen LogP contribution >= 0.6 is 38.9 Å². The second-order valence-electron chi connectivity index (χ2n) is 7.07. The summed E-state index contributed by atoms with van der Waals surface area (Å²) in [5, 5.41) is 11.9. The Morgan fingerprint density at radius 3 is 2.50 bits per heavy atom. The van der Waals surface area contributed by atoms with E-state index < -0.39 is 17.7 Å². The van der Waals surface area contributed by atoms with Crippen molar-refractivity contribution in [2.24, 2.45) is 0 Å². The first-order valence-corrected chi connectivity index (χ1v) is 11.5. The summed E-state index contributed by atoms with van der Waals surface area (Å²) in [6.07, 6.45) is 3.02. The Morgan fingerprint density at radius 1 is 1.06 bits per heavy atom. The molecule has 2 aromatic carbocycles. The molecular weight excluding hydrogens is 514 g/mol. The number of anilines is 1. The number of hydrogen-bond acceptors (Lipinski definition) is 6. The van der Waals surface area contributed by atoms with Gasteiger partial charge in [-0.1, -0.05) is 51.0 Å². The number of rotatable bonds is 3. The van der Waals surface area contributed by atoms with Crippen LogP contribution in [0.5, 0.6) is 0 Å². The highest BCUT2D eigenvalue weighted by molar-refractivity contribution is 9.10. The Hall–Kier alpha value is -3.07. The summed E-state index contributed by atoms with van der Waals surface area (Å²) in [6, 6.07) is 14.8. The molecule has 1 N–H and O–H groups in total. The number of aliphatic hydroxyl groups excluding tert-OH is 1. The first-order chi connectivity index (χ1) is 15.4. The van der Waals surface area contributed by atoms with Crippen LogP contribution < -0.4 is 4.90 Å². The summed E-state index contributed by atoms with van der Waals surface area (Å²) in [5.41, 5.74) is 1.73. The van der Waals surface area contributed by atoms with Crippen LogP contribution in [0.25, 0.3) is 16.0 Å². The smallest absolute Gasteiger partial charge is 0.301 e. The fraction of sp³-hybridized carbons (Fsp3) is 0.0435. The number of ketones is 1. The number of aromatic nitrogens is 2. The lowest BCUT2D eigenvalue weighted by Gasteiger charge is -2.23. The van der Waals surface area contributed by atoms with Crippen molar-refractivity contribution < 1.29 is 14.7 Å². The Labute approximate surface area is 199 Å². The average molecular weight is 527 g/mol. The van der Waals surface area contributed by atoms with Crippen LogP contribution in [-0.4, -0.2) is 26.8 Å². The molecule has 6 nitrogen and oxygen atoms in total. The lowest BCUT2D eigenvalue weighted by molar-refractivity contribution is -0.132. The number of carbonyl (C=O) groups excluding carboxylic acids is 2. The number of carbonyl (C=O) groups is 2. The lowest BCUT2D eigenvalue weighted by atomic mass is 9.96. The highest BCUT2D eigenvalue weighted by atomic mass is 79.9. The van der Waals surface area contributed by atoms with E-state index in [0.29, 0.717) is 26.8 Å². The van der Waals surface area contributed by atoms with Gasteiger partial charge in [-0.25, -0.2) is 4.98 Å². The molecule has 0 radical (unpaired) electrons. The van der Waals surface area contributed by atoms with Gasteiger partial charge in [0.1, 0.15) is 5.76 Å². The van der Waals surface area contributed by atoms with Crippen LogP contribution in [0.4, 0.5) is 5.13 Å². The van der Waals surface area contributed by atoms with E-state index >= 15 is 0 Å². The van der Waals surface area contributed by atoms with Crippen molar-refractivity contribution >= 4 is 71.7 Å². The maximum Gasteiger partial charge on any atom is 0.301 e. The molecule has 1 aliphatic rings. The van der Waals surface area contributed by atoms with Gasteiger partial charge in [0.05, 0.1) is 21.8 Å². The lowest BCUT2D eigenvalue weighted by Crippen LogP contribution is -2.29. The maximum absolute atomic E-state index is 13.2. The number of thiazole rings is 1. The van der Waals surface area contributed by atoms with Crippen molar-refractivity contribution in [1.29, 1.82) is 0 Å². The van der Waals surface area contributed by atoms with Gasteiger partial charge in [-0.05, 0) is 48.0 Å². The summed E-state index contributed by atoms with van der Waals surface area (Å²) < 4.78 is 1.64. The number of halogens is 2. The van der Waals surface area contributed by atoms with E-state index in [9.17, 15) is 14.7 Å². The summed E-state index contributed by atoms with van der Waals surface area (Å²) in [5.74, 6) is -1.78. The van der Waals surface area contributed by atoms with Gasteiger partial charge in [-0.15, -0.1) is 0 Å². The predicted molar refractivity (Wildman–Crippen MR) is 128 cm³/mol. The zero-order valence-corrected chi connectivity index (χ0v) is 19.4. The van der Waals surface area contributed by atoms with Crippen LogP contribution in [0.2, 0.25) is 5.02 Å². The molecule has 5 rings (SSSR count). The molecule has 32 heavy (non-hydrogen) atoms. The number of hydrogen-bond donors (Lipinski definition) is 1. The Bertz CT molecular complexity index is 1400. The number of Topliss-reactive ketones (excluding diaryl/α,β-unsaturated/α-hetero) is 1.